The molecule has 0 aliphatic heterocycles. The summed E-state index contributed by atoms with van der Waals surface area (Å²) in [6, 6.07) is 0. The molecule has 0 amide bonds. The molecule has 1 rings (SSSR count). The number of carbonyl (C=O) groups excluding carboxylic acids is 1. The Hall–Kier alpha value is -3.41. The molecule has 3 N–H and O–H groups in total. The monoisotopic (exact) mass is 387 g/mol. The molecule has 0 aliphatic rings. The predicted molar refractivity (Wildman–Crippen MR) is 92.3 cm³/mol. The molecule has 150 valence electrons. The van der Waals surface area contributed by atoms with E-state index in [-0.39, 0.29) is 26.2 Å². The number of aromatic nitrogens is 3. The third-order valence-electron chi connectivity index (χ3n) is 2.60. The summed E-state index contributed by atoms with van der Waals surface area (Å²) in [7, 11) is 0. The van der Waals surface area contributed by atoms with E-state index < -0.39 is 29.0 Å². The minimum atomic E-state index is -0.981. The number of aliphatic carboxylic acids is 1. The number of hydrogen-bond donors (Lipinski definition) is 3. The number of H-pyrrole nitrogens is 2. The van der Waals surface area contributed by atoms with Gasteiger partial charge in [0.25, 0.3) is 0 Å². The van der Waals surface area contributed by atoms with Crippen LogP contribution < -0.4 is 17.1 Å². The van der Waals surface area contributed by atoms with Crippen LogP contribution in [0.5, 0.6) is 0 Å². The first-order valence-corrected chi connectivity index (χ1v) is 7.56. The van der Waals surface area contributed by atoms with Crippen LogP contribution in [0.2, 0.25) is 0 Å². The molecule has 27 heavy (non-hydrogen) atoms. The fourth-order valence-electron chi connectivity index (χ4n) is 1.44. The van der Waals surface area contributed by atoms with Gasteiger partial charge in [-0.3, -0.25) is 14.8 Å². The summed E-state index contributed by atoms with van der Waals surface area (Å²) >= 11 is 0. The van der Waals surface area contributed by atoms with E-state index >= 15 is 0 Å². The van der Waals surface area contributed by atoms with E-state index in [0.717, 1.165) is 6.08 Å². The number of carboxylic acids is 1. The van der Waals surface area contributed by atoms with Crippen molar-refractivity contribution < 1.29 is 28.9 Å². The van der Waals surface area contributed by atoms with Gasteiger partial charge in [0, 0.05) is 12.6 Å². The maximum absolute atomic E-state index is 11.4. The smallest absolute Gasteiger partial charge is 0.333 e. The van der Waals surface area contributed by atoms with Gasteiger partial charge >= 0.3 is 29.0 Å². The van der Waals surface area contributed by atoms with Crippen LogP contribution in [0.3, 0.4) is 0 Å². The zero-order valence-corrected chi connectivity index (χ0v) is 14.5. The first kappa shape index (κ1) is 23.6. The number of carboxylic acid groups (broad SMARTS) is 1. The number of carbonyl (C=O) groups is 2. The normalized spacial score (nSPS) is 9.48. The Morgan fingerprint density at radius 1 is 1.04 bits per heavy atom. The van der Waals surface area contributed by atoms with Crippen molar-refractivity contribution in [3.63, 3.8) is 0 Å². The minimum Gasteiger partial charge on any atom is -0.499 e. The lowest BCUT2D eigenvalue weighted by molar-refractivity contribution is -0.145. The first-order valence-electron chi connectivity index (χ1n) is 7.56. The third kappa shape index (κ3) is 11.7. The van der Waals surface area contributed by atoms with Crippen LogP contribution in [0.15, 0.2) is 39.9 Å². The number of nitrogens with one attached hydrogen (secondary N) is 2. The van der Waals surface area contributed by atoms with Gasteiger partial charge in [0.1, 0.15) is 13.2 Å². The lowest BCUT2D eigenvalue weighted by Crippen LogP contribution is -2.43. The van der Waals surface area contributed by atoms with Gasteiger partial charge in [-0.2, -0.15) is 0 Å². The molecule has 0 radical (unpaired) electrons. The molecule has 0 aromatic carbocycles. The van der Waals surface area contributed by atoms with Crippen molar-refractivity contribution in [3.05, 3.63) is 56.9 Å². The van der Waals surface area contributed by atoms with Crippen LogP contribution in [-0.2, 0) is 30.3 Å². The van der Waals surface area contributed by atoms with Crippen molar-refractivity contribution in [2.24, 2.45) is 0 Å². The zero-order chi connectivity index (χ0) is 20.7. The van der Waals surface area contributed by atoms with Gasteiger partial charge in [-0.05, 0) is 0 Å². The second-order valence-corrected chi connectivity index (χ2v) is 4.50. The molecule has 12 heteroatoms. The number of rotatable bonds is 11. The number of nitrogens with zero attached hydrogens (tertiary/aromatic N) is 1. The summed E-state index contributed by atoms with van der Waals surface area (Å²) < 4.78 is 15.5. The Morgan fingerprint density at radius 3 is 2.11 bits per heavy atom. The van der Waals surface area contributed by atoms with Crippen molar-refractivity contribution in [2.75, 3.05) is 26.4 Å². The van der Waals surface area contributed by atoms with Gasteiger partial charge in [-0.25, -0.2) is 23.7 Å². The molecule has 0 spiro atoms. The second-order valence-electron chi connectivity index (χ2n) is 4.50. The molecule has 0 bridgehead atoms. The molecule has 1 aromatic rings. The lowest BCUT2D eigenvalue weighted by atomic mass is 10.4. The quantitative estimate of drug-likeness (QED) is 0.179. The average molecular weight is 387 g/mol. The Bertz CT molecular complexity index is 756. The van der Waals surface area contributed by atoms with Gasteiger partial charge in [0.05, 0.1) is 25.9 Å². The van der Waals surface area contributed by atoms with E-state index in [9.17, 15) is 24.0 Å². The van der Waals surface area contributed by atoms with Crippen molar-refractivity contribution in [2.45, 2.75) is 13.0 Å². The van der Waals surface area contributed by atoms with E-state index in [4.69, 9.17) is 19.3 Å². The number of aromatic amines is 2. The molecule has 1 heterocycles. The maximum Gasteiger partial charge on any atom is 0.333 e. The van der Waals surface area contributed by atoms with Crippen molar-refractivity contribution in [1.82, 2.24) is 14.5 Å². The zero-order valence-electron chi connectivity index (χ0n) is 14.5. The van der Waals surface area contributed by atoms with E-state index in [1.165, 1.54) is 6.26 Å². The molecule has 0 aliphatic carbocycles. The molecule has 0 fully saturated rings. The fraction of sp³-hybridized carbons (Fsp3) is 0.400. The molecular formula is C15H21N3O9. The third-order valence-corrected chi connectivity index (χ3v) is 2.60. The van der Waals surface area contributed by atoms with Crippen molar-refractivity contribution in [3.8, 4) is 0 Å². The highest BCUT2D eigenvalue weighted by Gasteiger charge is 2.07. The molecule has 0 saturated heterocycles. The Kier molecular flexibility index (Phi) is 12.1. The summed E-state index contributed by atoms with van der Waals surface area (Å²) in [6.07, 6.45) is 1.94. The van der Waals surface area contributed by atoms with Gasteiger partial charge in [0.2, 0.25) is 0 Å². The van der Waals surface area contributed by atoms with Crippen LogP contribution >= 0.6 is 0 Å². The van der Waals surface area contributed by atoms with Crippen molar-refractivity contribution in [1.29, 1.82) is 0 Å². The van der Waals surface area contributed by atoms with Crippen molar-refractivity contribution >= 4 is 11.9 Å². The van der Waals surface area contributed by atoms with E-state index in [2.05, 4.69) is 13.2 Å². The molecule has 0 unspecified atom stereocenters. The van der Waals surface area contributed by atoms with Crippen LogP contribution in [0.4, 0.5) is 0 Å². The van der Waals surface area contributed by atoms with Gasteiger partial charge in [-0.1, -0.05) is 13.2 Å². The summed E-state index contributed by atoms with van der Waals surface area (Å²) in [5.41, 5.74) is -2.66. The summed E-state index contributed by atoms with van der Waals surface area (Å²) in [5.74, 6) is -1.58. The van der Waals surface area contributed by atoms with Gasteiger partial charge < -0.3 is 19.3 Å². The Labute approximate surface area is 152 Å². The highest BCUT2D eigenvalue weighted by atomic mass is 16.6. The molecule has 0 saturated carbocycles. The van der Waals surface area contributed by atoms with E-state index in [1.807, 2.05) is 9.97 Å². The SMILES string of the molecule is C=CC(=O)O.C=COCCOCCOC(=O)CCn1c(=O)[nH]c(=O)[nH]c1=O. The number of esters is 1. The number of ether oxygens (including phenoxy) is 3. The standard InChI is InChI=1S/C12H17N3O7.C3H4O2/c1-2-20-5-6-21-7-8-22-9(16)3-4-15-11(18)13-10(17)14-12(15)19;1-2-3(4)5/h2H,1,3-8H2,(H2,13,14,17,18,19);2H,1H2,(H,4,5). The largest absolute Gasteiger partial charge is 0.499 e. The fourth-order valence-corrected chi connectivity index (χ4v) is 1.44. The Morgan fingerprint density at radius 2 is 1.59 bits per heavy atom. The van der Waals surface area contributed by atoms with Gasteiger partial charge in [0.15, 0.2) is 0 Å². The molecule has 12 nitrogen and oxygen atoms in total. The van der Waals surface area contributed by atoms with Crippen LogP contribution in [0, 0.1) is 0 Å². The van der Waals surface area contributed by atoms with Crippen LogP contribution in [0.25, 0.3) is 0 Å². The lowest BCUT2D eigenvalue weighted by Gasteiger charge is -2.06. The minimum absolute atomic E-state index is 0.0454. The average Bonchev–Trinajstić information content (AvgIpc) is 2.60. The van der Waals surface area contributed by atoms with Crippen LogP contribution in [-0.4, -0.2) is 58.0 Å². The number of hydrogen-bond acceptors (Lipinski definition) is 8. The Balaban J connectivity index is 0.00000119. The predicted octanol–water partition coefficient (Wildman–Crippen LogP) is -1.41. The second kappa shape index (κ2) is 13.8. The first-order chi connectivity index (χ1) is 12.8. The molecular weight excluding hydrogens is 366 g/mol. The van der Waals surface area contributed by atoms with E-state index in [1.54, 1.807) is 0 Å². The molecule has 0 atom stereocenters. The maximum atomic E-state index is 11.4. The topological polar surface area (TPSA) is 170 Å². The van der Waals surface area contributed by atoms with E-state index in [0.29, 0.717) is 17.8 Å². The summed E-state index contributed by atoms with van der Waals surface area (Å²) in [6.45, 7) is 7.07. The highest BCUT2D eigenvalue weighted by molar-refractivity contribution is 5.78. The van der Waals surface area contributed by atoms with Crippen LogP contribution in [0.1, 0.15) is 6.42 Å². The summed E-state index contributed by atoms with van der Waals surface area (Å²) in [4.78, 5) is 58.0. The van der Waals surface area contributed by atoms with Gasteiger partial charge in [-0.15, -0.1) is 0 Å². The highest BCUT2D eigenvalue weighted by Crippen LogP contribution is 1.89. The summed E-state index contributed by atoms with van der Waals surface area (Å²) in [5, 5.41) is 7.60. The molecule has 1 aromatic heterocycles.